The van der Waals surface area contributed by atoms with E-state index in [-0.39, 0.29) is 0 Å². The van der Waals surface area contributed by atoms with Crippen molar-refractivity contribution in [3.8, 4) is 0 Å². The fourth-order valence-electron chi connectivity index (χ4n) is 2.14. The SMILES string of the molecule is CC(C)CN(C)CCCCCCCNC(C)C. The molecule has 0 amide bonds. The molecule has 0 aromatic carbocycles. The normalized spacial score (nSPS) is 12.0. The molecule has 0 radical (unpaired) electrons. The summed E-state index contributed by atoms with van der Waals surface area (Å²) >= 11 is 0. The monoisotopic (exact) mass is 242 g/mol. The summed E-state index contributed by atoms with van der Waals surface area (Å²) in [5.74, 6) is 0.794. The molecule has 0 aliphatic carbocycles. The standard InChI is InChI=1S/C15H34N2/c1-14(2)13-17(5)12-10-8-6-7-9-11-16-15(3)4/h14-16H,6-13H2,1-5H3. The van der Waals surface area contributed by atoms with Gasteiger partial charge in [-0.3, -0.25) is 0 Å². The Balaban J connectivity index is 3.13. The lowest BCUT2D eigenvalue weighted by Crippen LogP contribution is -2.24. The second-order valence-electron chi connectivity index (χ2n) is 6.03. The highest BCUT2D eigenvalue weighted by molar-refractivity contribution is 4.56. The highest BCUT2D eigenvalue weighted by atomic mass is 15.1. The molecule has 1 N–H and O–H groups in total. The maximum Gasteiger partial charge on any atom is 0.00103 e. The lowest BCUT2D eigenvalue weighted by atomic mass is 10.1. The van der Waals surface area contributed by atoms with Crippen molar-refractivity contribution in [3.05, 3.63) is 0 Å². The minimum Gasteiger partial charge on any atom is -0.315 e. The van der Waals surface area contributed by atoms with Crippen LogP contribution in [0.4, 0.5) is 0 Å². The number of nitrogens with zero attached hydrogens (tertiary/aromatic N) is 1. The Morgan fingerprint density at radius 3 is 2.06 bits per heavy atom. The van der Waals surface area contributed by atoms with Crippen molar-refractivity contribution < 1.29 is 0 Å². The van der Waals surface area contributed by atoms with Crippen LogP contribution in [0.5, 0.6) is 0 Å². The van der Waals surface area contributed by atoms with Gasteiger partial charge in [-0.05, 0) is 38.9 Å². The van der Waals surface area contributed by atoms with Gasteiger partial charge < -0.3 is 10.2 Å². The Morgan fingerprint density at radius 1 is 0.882 bits per heavy atom. The Kier molecular flexibility index (Phi) is 11.0. The summed E-state index contributed by atoms with van der Waals surface area (Å²) in [6, 6.07) is 0.639. The Labute approximate surface area is 109 Å². The zero-order valence-electron chi connectivity index (χ0n) is 12.8. The molecule has 0 spiro atoms. The molecular weight excluding hydrogens is 208 g/mol. The second-order valence-corrected chi connectivity index (χ2v) is 6.03. The molecule has 2 heteroatoms. The lowest BCUT2D eigenvalue weighted by molar-refractivity contribution is 0.288. The highest BCUT2D eigenvalue weighted by Gasteiger charge is 2.00. The first kappa shape index (κ1) is 16.9. The third-order valence-corrected chi connectivity index (χ3v) is 2.95. The zero-order valence-corrected chi connectivity index (χ0v) is 12.8. The van der Waals surface area contributed by atoms with Crippen molar-refractivity contribution >= 4 is 0 Å². The quantitative estimate of drug-likeness (QED) is 0.558. The van der Waals surface area contributed by atoms with Gasteiger partial charge in [0.25, 0.3) is 0 Å². The molecule has 0 heterocycles. The van der Waals surface area contributed by atoms with Gasteiger partial charge in [0, 0.05) is 12.6 Å². The van der Waals surface area contributed by atoms with Gasteiger partial charge in [0.1, 0.15) is 0 Å². The summed E-state index contributed by atoms with van der Waals surface area (Å²) in [5, 5.41) is 3.47. The first-order valence-electron chi connectivity index (χ1n) is 7.44. The van der Waals surface area contributed by atoms with Gasteiger partial charge in [0.15, 0.2) is 0 Å². The highest BCUT2D eigenvalue weighted by Crippen LogP contribution is 2.04. The summed E-state index contributed by atoms with van der Waals surface area (Å²) in [7, 11) is 2.24. The Morgan fingerprint density at radius 2 is 1.47 bits per heavy atom. The van der Waals surface area contributed by atoms with E-state index < -0.39 is 0 Å². The molecule has 17 heavy (non-hydrogen) atoms. The predicted octanol–water partition coefficient (Wildman–Crippen LogP) is 3.52. The molecule has 0 aliphatic heterocycles. The van der Waals surface area contributed by atoms with Crippen LogP contribution in [0, 0.1) is 5.92 Å². The molecular formula is C15H34N2. The Hall–Kier alpha value is -0.0800. The summed E-state index contributed by atoms with van der Waals surface area (Å²) in [6.07, 6.45) is 6.87. The molecule has 0 atom stereocenters. The minimum atomic E-state index is 0.639. The third kappa shape index (κ3) is 13.9. The molecule has 0 fully saturated rings. The number of hydrogen-bond donors (Lipinski definition) is 1. The average Bonchev–Trinajstić information content (AvgIpc) is 2.20. The fraction of sp³-hybridized carbons (Fsp3) is 1.00. The summed E-state index contributed by atoms with van der Waals surface area (Å²) in [5.41, 5.74) is 0. The van der Waals surface area contributed by atoms with E-state index in [1.54, 1.807) is 0 Å². The smallest absolute Gasteiger partial charge is 0.00103 e. The van der Waals surface area contributed by atoms with E-state index in [2.05, 4.69) is 45.0 Å². The van der Waals surface area contributed by atoms with E-state index in [9.17, 15) is 0 Å². The molecule has 0 unspecified atom stereocenters. The summed E-state index contributed by atoms with van der Waals surface area (Å²) < 4.78 is 0. The zero-order chi connectivity index (χ0) is 13.1. The van der Waals surface area contributed by atoms with Crippen LogP contribution in [0.15, 0.2) is 0 Å². The summed E-state index contributed by atoms with van der Waals surface area (Å²) in [4.78, 5) is 2.46. The van der Waals surface area contributed by atoms with Crippen LogP contribution in [0.1, 0.15) is 59.8 Å². The summed E-state index contributed by atoms with van der Waals surface area (Å²) in [6.45, 7) is 12.7. The van der Waals surface area contributed by atoms with Gasteiger partial charge in [0.05, 0.1) is 0 Å². The van der Waals surface area contributed by atoms with Crippen LogP contribution in [0.3, 0.4) is 0 Å². The molecule has 0 rings (SSSR count). The molecule has 0 aromatic rings. The first-order valence-corrected chi connectivity index (χ1v) is 7.44. The van der Waals surface area contributed by atoms with Crippen molar-refractivity contribution in [2.24, 2.45) is 5.92 Å². The molecule has 0 saturated heterocycles. The van der Waals surface area contributed by atoms with Gasteiger partial charge in [0.2, 0.25) is 0 Å². The van der Waals surface area contributed by atoms with Crippen LogP contribution in [-0.4, -0.2) is 37.6 Å². The fourth-order valence-corrected chi connectivity index (χ4v) is 2.14. The molecule has 2 nitrogen and oxygen atoms in total. The predicted molar refractivity (Wildman–Crippen MR) is 78.6 cm³/mol. The maximum atomic E-state index is 3.47. The van der Waals surface area contributed by atoms with E-state index in [1.807, 2.05) is 0 Å². The van der Waals surface area contributed by atoms with Gasteiger partial charge in [-0.1, -0.05) is 47.0 Å². The van der Waals surface area contributed by atoms with E-state index in [0.29, 0.717) is 6.04 Å². The van der Waals surface area contributed by atoms with E-state index >= 15 is 0 Å². The third-order valence-electron chi connectivity index (χ3n) is 2.95. The molecule has 0 saturated carbocycles. The number of hydrogen-bond acceptors (Lipinski definition) is 2. The van der Waals surface area contributed by atoms with Gasteiger partial charge in [-0.25, -0.2) is 0 Å². The van der Waals surface area contributed by atoms with Crippen LogP contribution in [0.2, 0.25) is 0 Å². The van der Waals surface area contributed by atoms with Gasteiger partial charge in [-0.2, -0.15) is 0 Å². The molecule has 0 aromatic heterocycles. The van der Waals surface area contributed by atoms with Crippen molar-refractivity contribution in [1.29, 1.82) is 0 Å². The van der Waals surface area contributed by atoms with Gasteiger partial charge in [-0.15, -0.1) is 0 Å². The number of rotatable bonds is 11. The topological polar surface area (TPSA) is 15.3 Å². The van der Waals surface area contributed by atoms with Crippen molar-refractivity contribution in [2.45, 2.75) is 65.8 Å². The molecule has 0 aliphatic rings. The number of unbranched alkanes of at least 4 members (excludes halogenated alkanes) is 4. The largest absolute Gasteiger partial charge is 0.315 e. The molecule has 104 valence electrons. The van der Waals surface area contributed by atoms with Crippen molar-refractivity contribution in [2.75, 3.05) is 26.7 Å². The van der Waals surface area contributed by atoms with Gasteiger partial charge >= 0.3 is 0 Å². The van der Waals surface area contributed by atoms with Crippen molar-refractivity contribution in [1.82, 2.24) is 10.2 Å². The minimum absolute atomic E-state index is 0.639. The molecule has 0 bridgehead atoms. The van der Waals surface area contributed by atoms with Crippen LogP contribution in [-0.2, 0) is 0 Å². The lowest BCUT2D eigenvalue weighted by Gasteiger charge is -2.18. The van der Waals surface area contributed by atoms with Crippen molar-refractivity contribution in [3.63, 3.8) is 0 Å². The second kappa shape index (κ2) is 11.0. The van der Waals surface area contributed by atoms with E-state index in [4.69, 9.17) is 0 Å². The Bertz CT molecular complexity index is 155. The average molecular weight is 242 g/mol. The maximum absolute atomic E-state index is 3.47. The van der Waals surface area contributed by atoms with Crippen LogP contribution in [0.25, 0.3) is 0 Å². The number of nitrogens with one attached hydrogen (secondary N) is 1. The van der Waals surface area contributed by atoms with Crippen LogP contribution >= 0.6 is 0 Å². The first-order chi connectivity index (χ1) is 8.02. The van der Waals surface area contributed by atoms with Crippen LogP contribution < -0.4 is 5.32 Å². The van der Waals surface area contributed by atoms with E-state index in [1.165, 1.54) is 51.7 Å². The van der Waals surface area contributed by atoms with E-state index in [0.717, 1.165) is 5.92 Å².